The maximum absolute atomic E-state index is 11.7. The zero-order valence-electron chi connectivity index (χ0n) is 9.30. The predicted molar refractivity (Wildman–Crippen MR) is 64.9 cm³/mol. The van der Waals surface area contributed by atoms with Crippen LogP contribution in [0.25, 0.3) is 0 Å². The number of aromatic nitrogens is 2. The van der Waals surface area contributed by atoms with Crippen molar-refractivity contribution in [2.45, 2.75) is 13.0 Å². The molecule has 17 heavy (non-hydrogen) atoms. The van der Waals surface area contributed by atoms with Crippen molar-refractivity contribution in [2.24, 2.45) is 0 Å². The summed E-state index contributed by atoms with van der Waals surface area (Å²) in [6, 6.07) is 1.84. The molecule has 0 fully saturated rings. The van der Waals surface area contributed by atoms with E-state index in [9.17, 15) is 9.90 Å². The Labute approximate surface area is 102 Å². The topological polar surface area (TPSA) is 78.0 Å². The molecule has 0 aromatic carbocycles. The van der Waals surface area contributed by atoms with Gasteiger partial charge in [-0.1, -0.05) is 0 Å². The molecule has 5 nitrogen and oxygen atoms in total. The number of nitrogens with one attached hydrogen (secondary N) is 2. The van der Waals surface area contributed by atoms with Gasteiger partial charge in [-0.3, -0.25) is 9.89 Å². The number of aliphatic hydroxyl groups excluding tert-OH is 1. The van der Waals surface area contributed by atoms with Crippen molar-refractivity contribution in [3.05, 3.63) is 39.8 Å². The van der Waals surface area contributed by atoms with Crippen LogP contribution in [0.4, 0.5) is 0 Å². The fourth-order valence-electron chi connectivity index (χ4n) is 1.45. The van der Waals surface area contributed by atoms with Crippen LogP contribution in [-0.4, -0.2) is 27.8 Å². The third kappa shape index (κ3) is 2.72. The Morgan fingerprint density at radius 1 is 1.71 bits per heavy atom. The quantitative estimate of drug-likeness (QED) is 0.765. The summed E-state index contributed by atoms with van der Waals surface area (Å²) in [5.41, 5.74) is 2.04. The van der Waals surface area contributed by atoms with E-state index in [0.717, 1.165) is 5.56 Å². The summed E-state index contributed by atoms with van der Waals surface area (Å²) < 4.78 is 0. The Morgan fingerprint density at radius 2 is 2.53 bits per heavy atom. The van der Waals surface area contributed by atoms with Crippen LogP contribution in [0.1, 0.15) is 27.7 Å². The number of H-pyrrole nitrogens is 1. The second-order valence-electron chi connectivity index (χ2n) is 3.69. The minimum absolute atomic E-state index is 0.195. The highest BCUT2D eigenvalue weighted by atomic mass is 32.1. The lowest BCUT2D eigenvalue weighted by atomic mass is 10.2. The standard InChI is InChI=1S/C11H13N3O2S/c1-7-9(4-13-14-7)11(16)12-5-10(15)8-2-3-17-6-8/h2-4,6,10,15H,5H2,1H3,(H,12,16)(H,13,14). The van der Waals surface area contributed by atoms with Gasteiger partial charge in [-0.2, -0.15) is 16.4 Å². The van der Waals surface area contributed by atoms with Crippen molar-refractivity contribution < 1.29 is 9.90 Å². The number of carbonyl (C=O) groups excluding carboxylic acids is 1. The van der Waals surface area contributed by atoms with Gasteiger partial charge in [0.1, 0.15) is 0 Å². The minimum Gasteiger partial charge on any atom is -0.387 e. The number of amides is 1. The molecule has 1 unspecified atom stereocenters. The van der Waals surface area contributed by atoms with Crippen LogP contribution in [0.15, 0.2) is 23.0 Å². The monoisotopic (exact) mass is 251 g/mol. The van der Waals surface area contributed by atoms with E-state index in [1.165, 1.54) is 17.5 Å². The molecule has 1 amide bonds. The number of hydrogen-bond acceptors (Lipinski definition) is 4. The van der Waals surface area contributed by atoms with Gasteiger partial charge in [0.15, 0.2) is 0 Å². The Morgan fingerprint density at radius 3 is 3.12 bits per heavy atom. The van der Waals surface area contributed by atoms with E-state index in [-0.39, 0.29) is 12.5 Å². The molecular formula is C11H13N3O2S. The van der Waals surface area contributed by atoms with Crippen molar-refractivity contribution in [3.8, 4) is 0 Å². The van der Waals surface area contributed by atoms with E-state index < -0.39 is 6.10 Å². The molecule has 0 bridgehead atoms. The Hall–Kier alpha value is -1.66. The van der Waals surface area contributed by atoms with Crippen molar-refractivity contribution in [1.29, 1.82) is 0 Å². The van der Waals surface area contributed by atoms with Crippen LogP contribution < -0.4 is 5.32 Å². The Bertz CT molecular complexity index is 493. The van der Waals surface area contributed by atoms with Gasteiger partial charge >= 0.3 is 0 Å². The van der Waals surface area contributed by atoms with E-state index in [1.807, 2.05) is 16.8 Å². The van der Waals surface area contributed by atoms with Crippen LogP contribution in [-0.2, 0) is 0 Å². The number of thiophene rings is 1. The number of hydrogen-bond donors (Lipinski definition) is 3. The molecule has 0 saturated heterocycles. The first kappa shape index (κ1) is 11.8. The summed E-state index contributed by atoms with van der Waals surface area (Å²) >= 11 is 1.51. The summed E-state index contributed by atoms with van der Waals surface area (Å²) in [7, 11) is 0. The number of carbonyl (C=O) groups is 1. The molecule has 2 aromatic rings. The predicted octanol–water partition coefficient (Wildman–Crippen LogP) is 1.24. The average Bonchev–Trinajstić information content (AvgIpc) is 2.95. The van der Waals surface area contributed by atoms with Gasteiger partial charge < -0.3 is 10.4 Å². The fourth-order valence-corrected chi connectivity index (χ4v) is 2.15. The summed E-state index contributed by atoms with van der Waals surface area (Å²) in [5, 5.41) is 22.7. The highest BCUT2D eigenvalue weighted by Gasteiger charge is 2.13. The molecular weight excluding hydrogens is 238 g/mol. The van der Waals surface area contributed by atoms with Gasteiger partial charge in [-0.15, -0.1) is 0 Å². The molecule has 2 heterocycles. The van der Waals surface area contributed by atoms with Gasteiger partial charge in [0.05, 0.1) is 17.9 Å². The zero-order valence-corrected chi connectivity index (χ0v) is 10.1. The van der Waals surface area contributed by atoms with Crippen molar-refractivity contribution in [2.75, 3.05) is 6.54 Å². The summed E-state index contributed by atoms with van der Waals surface area (Å²) in [5.74, 6) is -0.231. The fraction of sp³-hybridized carbons (Fsp3) is 0.273. The molecule has 0 radical (unpaired) electrons. The van der Waals surface area contributed by atoms with E-state index in [2.05, 4.69) is 15.5 Å². The third-order valence-electron chi connectivity index (χ3n) is 2.46. The molecule has 0 spiro atoms. The van der Waals surface area contributed by atoms with E-state index in [1.54, 1.807) is 6.92 Å². The van der Waals surface area contributed by atoms with Crippen LogP contribution in [0.2, 0.25) is 0 Å². The Balaban J connectivity index is 1.91. The number of aryl methyl sites for hydroxylation is 1. The average molecular weight is 251 g/mol. The second-order valence-corrected chi connectivity index (χ2v) is 4.47. The first-order valence-electron chi connectivity index (χ1n) is 5.17. The second kappa shape index (κ2) is 5.11. The molecule has 0 saturated carbocycles. The highest BCUT2D eigenvalue weighted by molar-refractivity contribution is 7.07. The maximum atomic E-state index is 11.7. The number of rotatable bonds is 4. The lowest BCUT2D eigenvalue weighted by Crippen LogP contribution is -2.28. The molecule has 1 atom stereocenters. The van der Waals surface area contributed by atoms with Crippen molar-refractivity contribution in [1.82, 2.24) is 15.5 Å². The summed E-state index contributed by atoms with van der Waals surface area (Å²) in [6.45, 7) is 1.97. The minimum atomic E-state index is -0.669. The highest BCUT2D eigenvalue weighted by Crippen LogP contribution is 2.15. The smallest absolute Gasteiger partial charge is 0.254 e. The first-order valence-corrected chi connectivity index (χ1v) is 6.11. The molecule has 0 aliphatic rings. The third-order valence-corrected chi connectivity index (χ3v) is 3.16. The number of aliphatic hydroxyl groups is 1. The van der Waals surface area contributed by atoms with Crippen molar-refractivity contribution >= 4 is 17.2 Å². The van der Waals surface area contributed by atoms with E-state index in [0.29, 0.717) is 11.3 Å². The lowest BCUT2D eigenvalue weighted by molar-refractivity contribution is 0.0916. The van der Waals surface area contributed by atoms with Gasteiger partial charge in [0.25, 0.3) is 5.91 Å². The van der Waals surface area contributed by atoms with Gasteiger partial charge in [-0.25, -0.2) is 0 Å². The van der Waals surface area contributed by atoms with Crippen LogP contribution >= 0.6 is 11.3 Å². The summed E-state index contributed by atoms with van der Waals surface area (Å²) in [6.07, 6.45) is 0.805. The molecule has 2 aromatic heterocycles. The molecule has 6 heteroatoms. The van der Waals surface area contributed by atoms with Gasteiger partial charge in [-0.05, 0) is 29.3 Å². The van der Waals surface area contributed by atoms with Gasteiger partial charge in [0, 0.05) is 12.2 Å². The Kier molecular flexibility index (Phi) is 3.55. The normalized spacial score (nSPS) is 12.4. The van der Waals surface area contributed by atoms with E-state index >= 15 is 0 Å². The van der Waals surface area contributed by atoms with Crippen LogP contribution in [0.5, 0.6) is 0 Å². The lowest BCUT2D eigenvalue weighted by Gasteiger charge is -2.10. The molecule has 90 valence electrons. The maximum Gasteiger partial charge on any atom is 0.254 e. The SMILES string of the molecule is Cc1[nH]ncc1C(=O)NCC(O)c1ccsc1. The van der Waals surface area contributed by atoms with Gasteiger partial charge in [0.2, 0.25) is 0 Å². The first-order chi connectivity index (χ1) is 8.18. The number of aromatic amines is 1. The zero-order chi connectivity index (χ0) is 12.3. The molecule has 0 aliphatic carbocycles. The number of nitrogens with zero attached hydrogens (tertiary/aromatic N) is 1. The largest absolute Gasteiger partial charge is 0.387 e. The molecule has 2 rings (SSSR count). The van der Waals surface area contributed by atoms with Crippen molar-refractivity contribution in [3.63, 3.8) is 0 Å². The van der Waals surface area contributed by atoms with Crippen LogP contribution in [0, 0.1) is 6.92 Å². The van der Waals surface area contributed by atoms with E-state index in [4.69, 9.17) is 0 Å². The van der Waals surface area contributed by atoms with Crippen LogP contribution in [0.3, 0.4) is 0 Å². The molecule has 0 aliphatic heterocycles. The summed E-state index contributed by atoms with van der Waals surface area (Å²) in [4.78, 5) is 11.7. The molecule has 3 N–H and O–H groups in total.